The lowest BCUT2D eigenvalue weighted by molar-refractivity contribution is -0.0304. The van der Waals surface area contributed by atoms with Crippen molar-refractivity contribution >= 4 is 0 Å². The third-order valence-electron chi connectivity index (χ3n) is 4.82. The molecule has 0 bridgehead atoms. The first-order valence-corrected chi connectivity index (χ1v) is 10.4. The van der Waals surface area contributed by atoms with E-state index in [1.807, 2.05) is 25.1 Å². The van der Waals surface area contributed by atoms with Crippen molar-refractivity contribution in [3.05, 3.63) is 108 Å². The summed E-state index contributed by atoms with van der Waals surface area (Å²) in [5, 5.41) is 0. The quantitative estimate of drug-likeness (QED) is 0.274. The maximum Gasteiger partial charge on any atom is 0.0717 e. The number of hydrogen-bond donors (Lipinski definition) is 0. The molecule has 0 atom stereocenters. The predicted molar refractivity (Wildman–Crippen MR) is 123 cm³/mol. The van der Waals surface area contributed by atoms with Crippen LogP contribution in [0.2, 0.25) is 0 Å². The molecule has 0 fully saturated rings. The van der Waals surface area contributed by atoms with Gasteiger partial charge in [-0.3, -0.25) is 0 Å². The van der Waals surface area contributed by atoms with Gasteiger partial charge in [0.25, 0.3) is 0 Å². The monoisotopic (exact) mass is 390 g/mol. The van der Waals surface area contributed by atoms with Crippen LogP contribution in [-0.2, 0) is 22.7 Å². The van der Waals surface area contributed by atoms with E-state index in [1.54, 1.807) is 0 Å². The van der Waals surface area contributed by atoms with E-state index in [1.165, 1.54) is 11.1 Å². The number of hydrogen-bond acceptors (Lipinski definition) is 2. The van der Waals surface area contributed by atoms with Crippen LogP contribution in [0.1, 0.15) is 37.8 Å². The Morgan fingerprint density at radius 3 is 1.66 bits per heavy atom. The first kappa shape index (κ1) is 22.9. The van der Waals surface area contributed by atoms with Gasteiger partial charge in [-0.2, -0.15) is 0 Å². The van der Waals surface area contributed by atoms with Crippen molar-refractivity contribution < 1.29 is 9.47 Å². The fourth-order valence-corrected chi connectivity index (χ4v) is 3.16. The number of benzene rings is 2. The molecule has 2 rings (SSSR count). The molecule has 154 valence electrons. The van der Waals surface area contributed by atoms with E-state index in [9.17, 15) is 0 Å². The van der Waals surface area contributed by atoms with Crippen molar-refractivity contribution in [3.63, 3.8) is 0 Å². The van der Waals surface area contributed by atoms with E-state index in [0.29, 0.717) is 26.4 Å². The smallest absolute Gasteiger partial charge is 0.0717 e. The maximum absolute atomic E-state index is 6.18. The average Bonchev–Trinajstić information content (AvgIpc) is 2.77. The van der Waals surface area contributed by atoms with Crippen molar-refractivity contribution in [2.24, 2.45) is 5.41 Å². The van der Waals surface area contributed by atoms with Gasteiger partial charge in [0.15, 0.2) is 0 Å². The summed E-state index contributed by atoms with van der Waals surface area (Å²) in [6.07, 6.45) is 14.6. The van der Waals surface area contributed by atoms with Crippen molar-refractivity contribution in [3.8, 4) is 0 Å². The Hall–Kier alpha value is -2.42. The van der Waals surface area contributed by atoms with Crippen molar-refractivity contribution in [1.29, 1.82) is 0 Å². The van der Waals surface area contributed by atoms with Gasteiger partial charge in [0.2, 0.25) is 0 Å². The van der Waals surface area contributed by atoms with Crippen LogP contribution in [-0.4, -0.2) is 13.2 Å². The molecule has 0 radical (unpaired) electrons. The third-order valence-corrected chi connectivity index (χ3v) is 4.82. The molecule has 0 aliphatic rings. The summed E-state index contributed by atoms with van der Waals surface area (Å²) < 4.78 is 12.4. The molecule has 0 amide bonds. The molecule has 0 aromatic heterocycles. The summed E-state index contributed by atoms with van der Waals surface area (Å²) >= 11 is 0. The van der Waals surface area contributed by atoms with E-state index < -0.39 is 0 Å². The van der Waals surface area contributed by atoms with Crippen LogP contribution in [0.5, 0.6) is 0 Å². The Bertz CT molecular complexity index is 699. The summed E-state index contributed by atoms with van der Waals surface area (Å²) in [6.45, 7) is 6.65. The van der Waals surface area contributed by atoms with Crippen molar-refractivity contribution in [1.82, 2.24) is 0 Å². The lowest BCUT2D eigenvalue weighted by Crippen LogP contribution is -2.32. The molecule has 2 aromatic rings. The van der Waals surface area contributed by atoms with Gasteiger partial charge in [0.05, 0.1) is 26.4 Å². The molecule has 0 saturated carbocycles. The minimum Gasteiger partial charge on any atom is -0.376 e. The number of ether oxygens (including phenoxy) is 2. The predicted octanol–water partition coefficient (Wildman–Crippen LogP) is 6.90. The zero-order valence-corrected chi connectivity index (χ0v) is 17.8. The first-order chi connectivity index (χ1) is 14.3. The Morgan fingerprint density at radius 2 is 1.17 bits per heavy atom. The second-order valence-electron chi connectivity index (χ2n) is 7.39. The Morgan fingerprint density at radius 1 is 0.655 bits per heavy atom. The number of allylic oxidation sites excluding steroid dienone is 6. The van der Waals surface area contributed by atoms with Crippen molar-refractivity contribution in [2.75, 3.05) is 13.2 Å². The third kappa shape index (κ3) is 9.08. The van der Waals surface area contributed by atoms with Gasteiger partial charge in [-0.25, -0.2) is 0 Å². The molecule has 29 heavy (non-hydrogen) atoms. The fourth-order valence-electron chi connectivity index (χ4n) is 3.16. The van der Waals surface area contributed by atoms with Gasteiger partial charge < -0.3 is 9.47 Å². The topological polar surface area (TPSA) is 18.5 Å². The van der Waals surface area contributed by atoms with Gasteiger partial charge in [-0.05, 0) is 37.8 Å². The van der Waals surface area contributed by atoms with Crippen LogP contribution in [0, 0.1) is 5.41 Å². The lowest BCUT2D eigenvalue weighted by Gasteiger charge is -2.32. The molecule has 0 saturated heterocycles. The molecular formula is C27H34O2. The van der Waals surface area contributed by atoms with E-state index in [-0.39, 0.29) is 5.41 Å². The van der Waals surface area contributed by atoms with Crippen LogP contribution >= 0.6 is 0 Å². The van der Waals surface area contributed by atoms with Gasteiger partial charge in [-0.1, -0.05) is 97.1 Å². The second-order valence-corrected chi connectivity index (χ2v) is 7.39. The lowest BCUT2D eigenvalue weighted by atomic mass is 9.82. The average molecular weight is 391 g/mol. The number of rotatable bonds is 13. The van der Waals surface area contributed by atoms with Crippen LogP contribution in [0.15, 0.2) is 97.1 Å². The molecular weight excluding hydrogens is 356 g/mol. The highest BCUT2D eigenvalue weighted by Crippen LogP contribution is 2.30. The van der Waals surface area contributed by atoms with Crippen LogP contribution in [0.3, 0.4) is 0 Å². The molecule has 0 aliphatic carbocycles. The highest BCUT2D eigenvalue weighted by molar-refractivity contribution is 5.14. The standard InChI is InChI=1S/C27H34O2/c1-3-5-7-14-20-27(19-6-4-2,23-28-21-25-15-10-8-11-16-25)24-29-22-26-17-12-9-13-18-26/h3-18H,19-24H2,1-2H3/b5-3+,6-4+,14-7+. The van der Waals surface area contributed by atoms with Gasteiger partial charge in [0, 0.05) is 5.41 Å². The van der Waals surface area contributed by atoms with E-state index in [4.69, 9.17) is 9.47 Å². The molecule has 0 heterocycles. The minimum atomic E-state index is -0.0891. The molecule has 0 aliphatic heterocycles. The van der Waals surface area contributed by atoms with Crippen molar-refractivity contribution in [2.45, 2.75) is 39.9 Å². The fraction of sp³-hybridized carbons (Fsp3) is 0.333. The molecule has 2 aromatic carbocycles. The zero-order valence-electron chi connectivity index (χ0n) is 17.8. The molecule has 0 unspecified atom stereocenters. The summed E-state index contributed by atoms with van der Waals surface area (Å²) in [5.41, 5.74) is 2.30. The molecule has 2 heteroatoms. The molecule has 2 nitrogen and oxygen atoms in total. The Labute approximate surface area is 176 Å². The first-order valence-electron chi connectivity index (χ1n) is 10.4. The second kappa shape index (κ2) is 13.7. The highest BCUT2D eigenvalue weighted by atomic mass is 16.5. The Balaban J connectivity index is 2.04. The van der Waals surface area contributed by atoms with Crippen LogP contribution in [0.4, 0.5) is 0 Å². The Kier molecular flexibility index (Phi) is 10.8. The van der Waals surface area contributed by atoms with Gasteiger partial charge >= 0.3 is 0 Å². The van der Waals surface area contributed by atoms with Crippen LogP contribution in [0.25, 0.3) is 0 Å². The summed E-state index contributed by atoms with van der Waals surface area (Å²) in [4.78, 5) is 0. The van der Waals surface area contributed by atoms with Crippen LogP contribution < -0.4 is 0 Å². The zero-order chi connectivity index (χ0) is 20.6. The highest BCUT2D eigenvalue weighted by Gasteiger charge is 2.29. The maximum atomic E-state index is 6.18. The van der Waals surface area contributed by atoms with E-state index in [0.717, 1.165) is 12.8 Å². The largest absolute Gasteiger partial charge is 0.376 e. The SMILES string of the molecule is C/C=C/C=C/CC(C/C=C/C)(COCc1ccccc1)COCc1ccccc1. The summed E-state index contributed by atoms with van der Waals surface area (Å²) in [5.74, 6) is 0. The summed E-state index contributed by atoms with van der Waals surface area (Å²) in [6, 6.07) is 20.7. The van der Waals surface area contributed by atoms with E-state index in [2.05, 4.69) is 85.8 Å². The van der Waals surface area contributed by atoms with E-state index >= 15 is 0 Å². The minimum absolute atomic E-state index is 0.0891. The summed E-state index contributed by atoms with van der Waals surface area (Å²) in [7, 11) is 0. The molecule has 0 N–H and O–H groups in total. The van der Waals surface area contributed by atoms with Gasteiger partial charge in [0.1, 0.15) is 0 Å². The molecule has 0 spiro atoms. The van der Waals surface area contributed by atoms with Gasteiger partial charge in [-0.15, -0.1) is 0 Å². The normalized spacial score (nSPS) is 12.5.